The molecule has 3 heterocycles. The Labute approximate surface area is 199 Å². The van der Waals surface area contributed by atoms with Crippen LogP contribution in [0.3, 0.4) is 0 Å². The van der Waals surface area contributed by atoms with Crippen LogP contribution in [-0.2, 0) is 11.2 Å². The van der Waals surface area contributed by atoms with Gasteiger partial charge in [0.15, 0.2) is 0 Å². The summed E-state index contributed by atoms with van der Waals surface area (Å²) in [6.45, 7) is 2.58. The van der Waals surface area contributed by atoms with Crippen molar-refractivity contribution in [1.29, 1.82) is 0 Å². The number of carbonyl (C=O) groups excluding carboxylic acids is 1. The van der Waals surface area contributed by atoms with Crippen molar-refractivity contribution in [2.24, 2.45) is 0 Å². The third-order valence-corrected chi connectivity index (χ3v) is 7.79. The van der Waals surface area contributed by atoms with E-state index in [2.05, 4.69) is 26.6 Å². The van der Waals surface area contributed by atoms with E-state index in [9.17, 15) is 4.79 Å². The number of methoxy groups -OCH3 is 1. The summed E-state index contributed by atoms with van der Waals surface area (Å²) in [6.07, 6.45) is 0.774. The van der Waals surface area contributed by atoms with Gasteiger partial charge in [0.1, 0.15) is 21.5 Å². The van der Waals surface area contributed by atoms with Gasteiger partial charge in [-0.1, -0.05) is 30.0 Å². The monoisotopic (exact) mass is 482 g/mol. The Morgan fingerprint density at radius 2 is 1.97 bits per heavy atom. The lowest BCUT2D eigenvalue weighted by molar-refractivity contribution is -0.118. The Balaban J connectivity index is 1.26. The molecule has 0 bridgehead atoms. The molecule has 0 saturated heterocycles. The molecular weight excluding hydrogens is 460 g/mol. The molecule has 0 radical (unpaired) electrons. The Morgan fingerprint density at radius 3 is 2.66 bits per heavy atom. The minimum atomic E-state index is -0.0201. The first-order valence-corrected chi connectivity index (χ1v) is 12.7. The minimum absolute atomic E-state index is 0.0201. The maximum absolute atomic E-state index is 12.1. The van der Waals surface area contributed by atoms with Gasteiger partial charge in [-0.2, -0.15) is 0 Å². The number of nitrogens with zero attached hydrogens (tertiary/aromatic N) is 3. The number of amides is 1. The van der Waals surface area contributed by atoms with E-state index in [4.69, 9.17) is 4.74 Å². The van der Waals surface area contributed by atoms with Crippen LogP contribution in [0.15, 0.2) is 58.9 Å². The molecule has 0 spiro atoms. The molecule has 32 heavy (non-hydrogen) atoms. The van der Waals surface area contributed by atoms with Gasteiger partial charge in [0.2, 0.25) is 5.91 Å². The Kier molecular flexibility index (Phi) is 7.51. The fourth-order valence-corrected chi connectivity index (χ4v) is 5.46. The molecule has 0 aliphatic rings. The van der Waals surface area contributed by atoms with E-state index in [1.807, 2.05) is 54.8 Å². The number of hydrogen-bond acceptors (Lipinski definition) is 8. The van der Waals surface area contributed by atoms with Crippen molar-refractivity contribution in [3.63, 3.8) is 0 Å². The highest BCUT2D eigenvalue weighted by molar-refractivity contribution is 7.99. The molecule has 9 heteroatoms. The summed E-state index contributed by atoms with van der Waals surface area (Å²) in [4.78, 5) is 19.0. The fraction of sp³-hybridized carbons (Fsp3) is 0.217. The number of rotatable bonds is 9. The summed E-state index contributed by atoms with van der Waals surface area (Å²) in [5.74, 6) is 1.11. The summed E-state index contributed by atoms with van der Waals surface area (Å²) >= 11 is 4.68. The predicted molar refractivity (Wildman–Crippen MR) is 132 cm³/mol. The first-order valence-electron chi connectivity index (χ1n) is 10.00. The Morgan fingerprint density at radius 1 is 1.12 bits per heavy atom. The average molecular weight is 483 g/mol. The van der Waals surface area contributed by atoms with Crippen LogP contribution in [0.2, 0.25) is 0 Å². The van der Waals surface area contributed by atoms with Crippen LogP contribution in [0.4, 0.5) is 0 Å². The molecule has 4 rings (SSSR count). The lowest BCUT2D eigenvalue weighted by Crippen LogP contribution is -2.27. The highest BCUT2D eigenvalue weighted by atomic mass is 32.2. The van der Waals surface area contributed by atoms with Crippen molar-refractivity contribution in [1.82, 2.24) is 20.5 Å². The zero-order valence-electron chi connectivity index (χ0n) is 17.7. The van der Waals surface area contributed by atoms with E-state index in [0.717, 1.165) is 48.9 Å². The second-order valence-electron chi connectivity index (χ2n) is 6.90. The fourth-order valence-electron chi connectivity index (χ4n) is 2.99. The van der Waals surface area contributed by atoms with Crippen molar-refractivity contribution in [2.45, 2.75) is 18.4 Å². The average Bonchev–Trinajstić information content (AvgIpc) is 3.48. The number of aromatic nitrogens is 3. The van der Waals surface area contributed by atoms with E-state index >= 15 is 0 Å². The van der Waals surface area contributed by atoms with Crippen molar-refractivity contribution in [3.05, 3.63) is 65.2 Å². The molecule has 1 amide bonds. The standard InChI is InChI=1S/C23H22N4O2S3/c1-15-22(32-23(25-15)19-4-3-13-30-19)18-9-10-21(27-26-18)31-14-20(28)24-12-11-16-5-7-17(29-2)8-6-16/h3-10,13H,11-12,14H2,1-2H3,(H,24,28). The molecule has 0 aliphatic carbocycles. The van der Waals surface area contributed by atoms with Crippen LogP contribution in [0, 0.1) is 6.92 Å². The van der Waals surface area contributed by atoms with Crippen molar-refractivity contribution in [2.75, 3.05) is 19.4 Å². The van der Waals surface area contributed by atoms with Crippen molar-refractivity contribution < 1.29 is 9.53 Å². The SMILES string of the molecule is COc1ccc(CCNC(=O)CSc2ccc(-c3sc(-c4cccs4)nc3C)nn2)cc1. The first kappa shape index (κ1) is 22.4. The molecule has 4 aromatic rings. The number of nitrogens with one attached hydrogen (secondary N) is 1. The van der Waals surface area contributed by atoms with E-state index in [0.29, 0.717) is 12.3 Å². The molecule has 6 nitrogen and oxygen atoms in total. The zero-order chi connectivity index (χ0) is 22.3. The van der Waals surface area contributed by atoms with E-state index in [-0.39, 0.29) is 5.91 Å². The summed E-state index contributed by atoms with van der Waals surface area (Å²) in [5.41, 5.74) is 2.90. The summed E-state index contributed by atoms with van der Waals surface area (Å²) < 4.78 is 5.15. The van der Waals surface area contributed by atoms with Crippen LogP contribution in [0.25, 0.3) is 20.5 Å². The highest BCUT2D eigenvalue weighted by Gasteiger charge is 2.14. The molecule has 1 N–H and O–H groups in total. The van der Waals surface area contributed by atoms with Gasteiger partial charge >= 0.3 is 0 Å². The second kappa shape index (κ2) is 10.7. The molecule has 0 saturated carbocycles. The van der Waals surface area contributed by atoms with Gasteiger partial charge in [0.05, 0.1) is 28.3 Å². The van der Waals surface area contributed by atoms with Gasteiger partial charge in [0.25, 0.3) is 0 Å². The molecule has 3 aromatic heterocycles. The summed E-state index contributed by atoms with van der Waals surface area (Å²) in [6, 6.07) is 15.8. The van der Waals surface area contributed by atoms with Crippen LogP contribution in [0.1, 0.15) is 11.3 Å². The van der Waals surface area contributed by atoms with Gasteiger partial charge < -0.3 is 10.1 Å². The third-order valence-electron chi connectivity index (χ3n) is 4.65. The number of thioether (sulfide) groups is 1. The van der Waals surface area contributed by atoms with Crippen LogP contribution < -0.4 is 10.1 Å². The molecule has 0 atom stereocenters. The zero-order valence-corrected chi connectivity index (χ0v) is 20.1. The second-order valence-corrected chi connectivity index (χ2v) is 9.85. The predicted octanol–water partition coefficient (Wildman–Crippen LogP) is 5.10. The van der Waals surface area contributed by atoms with Crippen LogP contribution in [-0.4, -0.2) is 40.5 Å². The van der Waals surface area contributed by atoms with Gasteiger partial charge in [-0.15, -0.1) is 32.9 Å². The van der Waals surface area contributed by atoms with Crippen LogP contribution in [0.5, 0.6) is 5.75 Å². The number of thiophene rings is 1. The van der Waals surface area contributed by atoms with Gasteiger partial charge in [-0.3, -0.25) is 4.79 Å². The number of carbonyl (C=O) groups is 1. The number of benzene rings is 1. The number of ether oxygens (including phenoxy) is 1. The number of hydrogen-bond donors (Lipinski definition) is 1. The number of aryl methyl sites for hydroxylation is 1. The summed E-state index contributed by atoms with van der Waals surface area (Å²) in [7, 11) is 1.65. The van der Waals surface area contributed by atoms with Gasteiger partial charge in [-0.25, -0.2) is 4.98 Å². The largest absolute Gasteiger partial charge is 0.497 e. The van der Waals surface area contributed by atoms with Crippen molar-refractivity contribution in [3.8, 4) is 26.2 Å². The van der Waals surface area contributed by atoms with E-state index in [1.165, 1.54) is 11.8 Å². The minimum Gasteiger partial charge on any atom is -0.497 e. The lowest BCUT2D eigenvalue weighted by Gasteiger charge is -2.06. The summed E-state index contributed by atoms with van der Waals surface area (Å²) in [5, 5.41) is 15.4. The smallest absolute Gasteiger partial charge is 0.230 e. The quantitative estimate of drug-likeness (QED) is 0.335. The molecule has 0 unspecified atom stereocenters. The maximum Gasteiger partial charge on any atom is 0.230 e. The molecular formula is C23H22N4O2S3. The third kappa shape index (κ3) is 5.73. The lowest BCUT2D eigenvalue weighted by atomic mass is 10.1. The highest BCUT2D eigenvalue weighted by Crippen LogP contribution is 2.36. The first-order chi connectivity index (χ1) is 15.6. The van der Waals surface area contributed by atoms with Gasteiger partial charge in [0, 0.05) is 6.54 Å². The maximum atomic E-state index is 12.1. The van der Waals surface area contributed by atoms with Gasteiger partial charge in [-0.05, 0) is 54.6 Å². The Hall–Kier alpha value is -2.75. The normalized spacial score (nSPS) is 10.8. The topological polar surface area (TPSA) is 77.0 Å². The molecule has 0 aliphatic heterocycles. The molecule has 164 valence electrons. The molecule has 0 fully saturated rings. The van der Waals surface area contributed by atoms with Crippen LogP contribution >= 0.6 is 34.4 Å². The Bertz CT molecular complexity index is 1160. The molecule has 1 aromatic carbocycles. The van der Waals surface area contributed by atoms with Crippen molar-refractivity contribution >= 4 is 40.3 Å². The number of thiazole rings is 1. The van der Waals surface area contributed by atoms with E-state index < -0.39 is 0 Å². The van der Waals surface area contributed by atoms with E-state index in [1.54, 1.807) is 29.8 Å².